The van der Waals surface area contributed by atoms with Crippen LogP contribution in [0.15, 0.2) is 29.8 Å². The Bertz CT molecular complexity index is 506. The molecule has 0 fully saturated rings. The monoisotopic (exact) mass is 248 g/mol. The molecule has 0 N–H and O–H groups in total. The molecule has 90 valence electrons. The van der Waals surface area contributed by atoms with Gasteiger partial charge in [0.1, 0.15) is 0 Å². The van der Waals surface area contributed by atoms with Crippen molar-refractivity contribution in [2.45, 2.75) is 33.6 Å². The van der Waals surface area contributed by atoms with E-state index in [2.05, 4.69) is 0 Å². The smallest absolute Gasteiger partial charge is 0.166 e. The van der Waals surface area contributed by atoms with E-state index in [1.165, 1.54) is 0 Å². The van der Waals surface area contributed by atoms with Crippen LogP contribution in [0.1, 0.15) is 44.7 Å². The molecule has 1 aromatic rings. The van der Waals surface area contributed by atoms with E-state index in [4.69, 9.17) is 11.6 Å². The minimum atomic E-state index is -0.383. The number of benzene rings is 1. The third-order valence-electron chi connectivity index (χ3n) is 3.26. The van der Waals surface area contributed by atoms with Gasteiger partial charge in [-0.25, -0.2) is 0 Å². The minimum Gasteiger partial charge on any atom is -0.294 e. The van der Waals surface area contributed by atoms with Gasteiger partial charge in [0.2, 0.25) is 0 Å². The van der Waals surface area contributed by atoms with Gasteiger partial charge in [0.05, 0.1) is 5.03 Å². The number of hydrogen-bond acceptors (Lipinski definition) is 1. The molecule has 0 amide bonds. The highest BCUT2D eigenvalue weighted by molar-refractivity contribution is 6.52. The van der Waals surface area contributed by atoms with Crippen molar-refractivity contribution in [3.8, 4) is 0 Å². The standard InChI is InChI=1S/C15H17ClO/c1-9-10-7-5-6-8-11(10)13(16)12(9)14(17)15(2,3)4/h5-9H,1-4H3. The summed E-state index contributed by atoms with van der Waals surface area (Å²) < 4.78 is 0. The summed E-state index contributed by atoms with van der Waals surface area (Å²) in [6.45, 7) is 7.85. The predicted octanol–water partition coefficient (Wildman–Crippen LogP) is 4.37. The van der Waals surface area contributed by atoms with Crippen LogP contribution >= 0.6 is 11.6 Å². The Balaban J connectivity index is 2.53. The van der Waals surface area contributed by atoms with E-state index in [0.29, 0.717) is 5.03 Å². The molecule has 1 aliphatic carbocycles. The maximum Gasteiger partial charge on any atom is 0.166 e. The van der Waals surface area contributed by atoms with Crippen LogP contribution in [0.5, 0.6) is 0 Å². The number of rotatable bonds is 1. The lowest BCUT2D eigenvalue weighted by Crippen LogP contribution is -2.23. The fourth-order valence-electron chi connectivity index (χ4n) is 2.27. The summed E-state index contributed by atoms with van der Waals surface area (Å²) in [5.74, 6) is 0.247. The Morgan fingerprint density at radius 2 is 1.82 bits per heavy atom. The second kappa shape index (κ2) is 3.99. The molecule has 0 saturated heterocycles. The van der Waals surface area contributed by atoms with Crippen molar-refractivity contribution < 1.29 is 4.79 Å². The first-order chi connectivity index (χ1) is 7.84. The van der Waals surface area contributed by atoms with Gasteiger partial charge >= 0.3 is 0 Å². The van der Waals surface area contributed by atoms with Gasteiger partial charge in [0, 0.05) is 16.9 Å². The second-order valence-corrected chi connectivity index (χ2v) is 5.99. The van der Waals surface area contributed by atoms with Crippen molar-refractivity contribution in [3.63, 3.8) is 0 Å². The highest BCUT2D eigenvalue weighted by Crippen LogP contribution is 2.45. The lowest BCUT2D eigenvalue weighted by molar-refractivity contribution is -0.122. The molecule has 0 aliphatic heterocycles. The first kappa shape index (κ1) is 12.4. The highest BCUT2D eigenvalue weighted by Gasteiger charge is 2.36. The topological polar surface area (TPSA) is 17.1 Å². The lowest BCUT2D eigenvalue weighted by atomic mass is 9.82. The molecule has 0 heterocycles. The van der Waals surface area contributed by atoms with Gasteiger partial charge in [-0.2, -0.15) is 0 Å². The van der Waals surface area contributed by atoms with Crippen LogP contribution in [0, 0.1) is 5.41 Å². The third-order valence-corrected chi connectivity index (χ3v) is 3.67. The number of hydrogen-bond donors (Lipinski definition) is 0. The van der Waals surface area contributed by atoms with Gasteiger partial charge in [-0.05, 0) is 11.1 Å². The summed E-state index contributed by atoms with van der Waals surface area (Å²) in [6.07, 6.45) is 0. The van der Waals surface area contributed by atoms with Gasteiger partial charge in [0.25, 0.3) is 0 Å². The molecule has 2 heteroatoms. The lowest BCUT2D eigenvalue weighted by Gasteiger charge is -2.20. The largest absolute Gasteiger partial charge is 0.294 e. The van der Waals surface area contributed by atoms with Gasteiger partial charge in [0.15, 0.2) is 5.78 Å². The fourth-order valence-corrected chi connectivity index (χ4v) is 2.69. The molecule has 1 aromatic carbocycles. The van der Waals surface area contributed by atoms with Crippen LogP contribution in [0.25, 0.3) is 5.03 Å². The van der Waals surface area contributed by atoms with Crippen molar-refractivity contribution in [3.05, 3.63) is 41.0 Å². The van der Waals surface area contributed by atoms with Crippen LogP contribution in [-0.4, -0.2) is 5.78 Å². The number of carbonyl (C=O) groups is 1. The Hall–Kier alpha value is -1.08. The molecule has 0 radical (unpaired) electrons. The van der Waals surface area contributed by atoms with E-state index < -0.39 is 0 Å². The van der Waals surface area contributed by atoms with Crippen LogP contribution in [0.3, 0.4) is 0 Å². The molecule has 1 aliphatic rings. The zero-order valence-corrected chi connectivity index (χ0v) is 11.4. The van der Waals surface area contributed by atoms with Crippen LogP contribution in [0.2, 0.25) is 0 Å². The molecule has 1 atom stereocenters. The Morgan fingerprint density at radius 1 is 1.24 bits per heavy atom. The number of halogens is 1. The van der Waals surface area contributed by atoms with E-state index in [1.54, 1.807) is 0 Å². The molecule has 0 saturated carbocycles. The first-order valence-corrected chi connectivity index (χ1v) is 6.25. The molecule has 0 bridgehead atoms. The normalized spacial score (nSPS) is 19.5. The predicted molar refractivity (Wildman–Crippen MR) is 72.1 cm³/mol. The second-order valence-electron chi connectivity index (χ2n) is 5.62. The van der Waals surface area contributed by atoms with E-state index in [0.717, 1.165) is 16.7 Å². The van der Waals surface area contributed by atoms with E-state index in [-0.39, 0.29) is 17.1 Å². The van der Waals surface area contributed by atoms with E-state index >= 15 is 0 Å². The summed E-state index contributed by atoms with van der Waals surface area (Å²) in [4.78, 5) is 12.4. The highest BCUT2D eigenvalue weighted by atomic mass is 35.5. The Kier molecular flexibility index (Phi) is 2.90. The maximum absolute atomic E-state index is 12.4. The molecular formula is C15H17ClO. The van der Waals surface area contributed by atoms with Gasteiger partial charge in [-0.15, -0.1) is 0 Å². The summed E-state index contributed by atoms with van der Waals surface area (Å²) in [6, 6.07) is 7.98. The van der Waals surface area contributed by atoms with Gasteiger partial charge < -0.3 is 0 Å². The third kappa shape index (κ3) is 1.93. The summed E-state index contributed by atoms with van der Waals surface area (Å²) >= 11 is 6.36. The summed E-state index contributed by atoms with van der Waals surface area (Å²) in [7, 11) is 0. The van der Waals surface area contributed by atoms with Crippen molar-refractivity contribution in [1.29, 1.82) is 0 Å². The zero-order chi connectivity index (χ0) is 12.8. The molecule has 0 spiro atoms. The molecule has 1 unspecified atom stereocenters. The zero-order valence-electron chi connectivity index (χ0n) is 10.7. The molecule has 17 heavy (non-hydrogen) atoms. The average Bonchev–Trinajstić information content (AvgIpc) is 2.51. The minimum absolute atomic E-state index is 0.102. The maximum atomic E-state index is 12.4. The Morgan fingerprint density at radius 3 is 2.35 bits per heavy atom. The van der Waals surface area contributed by atoms with Crippen LogP contribution in [0.4, 0.5) is 0 Å². The van der Waals surface area contributed by atoms with Gasteiger partial charge in [-0.3, -0.25) is 4.79 Å². The molecule has 2 rings (SSSR count). The fraction of sp³-hybridized carbons (Fsp3) is 0.400. The molecular weight excluding hydrogens is 232 g/mol. The number of fused-ring (bicyclic) bond motifs is 1. The number of ketones is 1. The quantitative estimate of drug-likeness (QED) is 0.721. The van der Waals surface area contributed by atoms with Crippen LogP contribution in [-0.2, 0) is 4.79 Å². The molecule has 1 nitrogen and oxygen atoms in total. The number of carbonyl (C=O) groups excluding carboxylic acids is 1. The summed E-state index contributed by atoms with van der Waals surface area (Å²) in [5, 5.41) is 0.632. The summed E-state index contributed by atoms with van der Waals surface area (Å²) in [5.41, 5.74) is 2.55. The van der Waals surface area contributed by atoms with Crippen molar-refractivity contribution >= 4 is 22.4 Å². The SMILES string of the molecule is CC1C(C(=O)C(C)(C)C)=C(Cl)c2ccccc21. The van der Waals surface area contributed by atoms with E-state index in [9.17, 15) is 4.79 Å². The van der Waals surface area contributed by atoms with E-state index in [1.807, 2.05) is 52.0 Å². The molecule has 0 aromatic heterocycles. The Labute approximate surface area is 107 Å². The van der Waals surface area contributed by atoms with Crippen molar-refractivity contribution in [2.24, 2.45) is 5.41 Å². The number of Topliss-reactive ketones (excluding diaryl/α,β-unsaturated/α-hetero) is 1. The van der Waals surface area contributed by atoms with Crippen LogP contribution < -0.4 is 0 Å². The first-order valence-electron chi connectivity index (χ1n) is 5.88. The van der Waals surface area contributed by atoms with Crippen molar-refractivity contribution in [2.75, 3.05) is 0 Å². The van der Waals surface area contributed by atoms with Crippen molar-refractivity contribution in [1.82, 2.24) is 0 Å². The van der Waals surface area contributed by atoms with Gasteiger partial charge in [-0.1, -0.05) is 63.6 Å². The number of allylic oxidation sites excluding steroid dienone is 1. The average molecular weight is 249 g/mol.